The molecular formula is C25H19NO2. The first kappa shape index (κ1) is 17.7. The van der Waals surface area contributed by atoms with Crippen molar-refractivity contribution in [3.8, 4) is 22.4 Å². The summed E-state index contributed by atoms with van der Waals surface area (Å²) < 4.78 is 5.49. The molecule has 0 radical (unpaired) electrons. The largest absolute Gasteiger partial charge is 0.456 e. The van der Waals surface area contributed by atoms with E-state index in [0.29, 0.717) is 5.69 Å². The molecule has 4 aromatic rings. The Morgan fingerprint density at radius 3 is 1.89 bits per heavy atom. The lowest BCUT2D eigenvalue weighted by Gasteiger charge is -2.10. The molecular weight excluding hydrogens is 346 g/mol. The van der Waals surface area contributed by atoms with Gasteiger partial charge in [-0.25, -0.2) is 9.78 Å². The number of nitrogens with zero attached hydrogens (tertiary/aromatic N) is 1. The van der Waals surface area contributed by atoms with Gasteiger partial charge in [0.1, 0.15) is 12.3 Å². The van der Waals surface area contributed by atoms with Crippen LogP contribution in [-0.4, -0.2) is 11.0 Å². The monoisotopic (exact) mass is 365 g/mol. The summed E-state index contributed by atoms with van der Waals surface area (Å²) in [6.45, 7) is 0.220. The van der Waals surface area contributed by atoms with Gasteiger partial charge in [-0.05, 0) is 28.8 Å². The smallest absolute Gasteiger partial charge is 0.357 e. The average molecular weight is 365 g/mol. The van der Waals surface area contributed by atoms with Gasteiger partial charge in [0.05, 0.1) is 5.69 Å². The molecule has 3 aromatic carbocycles. The lowest BCUT2D eigenvalue weighted by atomic mass is 10.0. The molecule has 0 fully saturated rings. The van der Waals surface area contributed by atoms with Gasteiger partial charge in [-0.2, -0.15) is 0 Å². The highest BCUT2D eigenvalue weighted by Gasteiger charge is 2.14. The molecule has 28 heavy (non-hydrogen) atoms. The molecule has 3 heteroatoms. The summed E-state index contributed by atoms with van der Waals surface area (Å²) >= 11 is 0. The van der Waals surface area contributed by atoms with E-state index in [0.717, 1.165) is 27.9 Å². The van der Waals surface area contributed by atoms with Crippen molar-refractivity contribution in [2.75, 3.05) is 0 Å². The Kier molecular flexibility index (Phi) is 5.25. The highest BCUT2D eigenvalue weighted by Crippen LogP contribution is 2.26. The third kappa shape index (κ3) is 4.15. The van der Waals surface area contributed by atoms with Crippen molar-refractivity contribution >= 4 is 5.97 Å². The number of hydrogen-bond acceptors (Lipinski definition) is 3. The van der Waals surface area contributed by atoms with Gasteiger partial charge in [0.2, 0.25) is 0 Å². The first-order valence-corrected chi connectivity index (χ1v) is 9.13. The quantitative estimate of drug-likeness (QED) is 0.421. The van der Waals surface area contributed by atoms with E-state index in [2.05, 4.69) is 4.98 Å². The maximum atomic E-state index is 12.7. The van der Waals surface area contributed by atoms with E-state index in [1.165, 1.54) is 0 Å². The first-order valence-electron chi connectivity index (χ1n) is 9.13. The average Bonchev–Trinajstić information content (AvgIpc) is 2.79. The molecule has 136 valence electrons. The molecule has 0 saturated carbocycles. The number of hydrogen-bond donors (Lipinski definition) is 0. The molecule has 0 unspecified atom stereocenters. The zero-order valence-electron chi connectivity index (χ0n) is 15.3. The van der Waals surface area contributed by atoms with Crippen molar-refractivity contribution in [2.45, 2.75) is 6.61 Å². The second-order valence-corrected chi connectivity index (χ2v) is 6.42. The van der Waals surface area contributed by atoms with Crippen LogP contribution in [0.3, 0.4) is 0 Å². The van der Waals surface area contributed by atoms with Crippen LogP contribution >= 0.6 is 0 Å². The van der Waals surface area contributed by atoms with Gasteiger partial charge >= 0.3 is 5.97 Å². The molecule has 0 aliphatic carbocycles. The van der Waals surface area contributed by atoms with Crippen LogP contribution in [-0.2, 0) is 11.3 Å². The maximum absolute atomic E-state index is 12.7. The molecule has 0 atom stereocenters. The molecule has 0 amide bonds. The van der Waals surface area contributed by atoms with Crippen molar-refractivity contribution in [2.24, 2.45) is 0 Å². The molecule has 0 spiro atoms. The summed E-state index contributed by atoms with van der Waals surface area (Å²) in [6.07, 6.45) is 0. The van der Waals surface area contributed by atoms with Crippen molar-refractivity contribution in [1.29, 1.82) is 0 Å². The summed E-state index contributed by atoms with van der Waals surface area (Å²) in [6, 6.07) is 33.2. The second-order valence-electron chi connectivity index (χ2n) is 6.42. The predicted molar refractivity (Wildman–Crippen MR) is 111 cm³/mol. The fraction of sp³-hybridized carbons (Fsp3) is 0.0400. The molecule has 0 saturated heterocycles. The third-order valence-corrected chi connectivity index (χ3v) is 4.42. The normalized spacial score (nSPS) is 10.4. The molecule has 0 aliphatic rings. The van der Waals surface area contributed by atoms with Crippen LogP contribution in [0.1, 0.15) is 16.1 Å². The van der Waals surface area contributed by atoms with E-state index in [-0.39, 0.29) is 6.61 Å². The zero-order valence-corrected chi connectivity index (χ0v) is 15.3. The van der Waals surface area contributed by atoms with E-state index in [1.807, 2.05) is 97.1 Å². The topological polar surface area (TPSA) is 39.2 Å². The van der Waals surface area contributed by atoms with Gasteiger partial charge in [-0.15, -0.1) is 0 Å². The number of pyridine rings is 1. The fourth-order valence-electron chi connectivity index (χ4n) is 2.99. The van der Waals surface area contributed by atoms with Crippen LogP contribution in [0.15, 0.2) is 103 Å². The first-order chi connectivity index (χ1) is 13.8. The SMILES string of the molecule is O=C(OCc1ccccc1)c1cc(-c2ccccc2)cc(-c2ccccc2)n1. The Balaban J connectivity index is 1.68. The van der Waals surface area contributed by atoms with Crippen molar-refractivity contribution < 1.29 is 9.53 Å². The number of benzene rings is 3. The van der Waals surface area contributed by atoms with E-state index in [4.69, 9.17) is 4.74 Å². The number of esters is 1. The number of carbonyl (C=O) groups excluding carboxylic acids is 1. The lowest BCUT2D eigenvalue weighted by Crippen LogP contribution is -2.08. The van der Waals surface area contributed by atoms with E-state index < -0.39 is 5.97 Å². The van der Waals surface area contributed by atoms with Gasteiger partial charge in [0, 0.05) is 5.56 Å². The number of aromatic nitrogens is 1. The van der Waals surface area contributed by atoms with Crippen molar-refractivity contribution in [3.05, 3.63) is 114 Å². The van der Waals surface area contributed by atoms with Gasteiger partial charge < -0.3 is 4.74 Å². The van der Waals surface area contributed by atoms with Gasteiger partial charge in [-0.1, -0.05) is 91.0 Å². The van der Waals surface area contributed by atoms with E-state index in [9.17, 15) is 4.79 Å². The maximum Gasteiger partial charge on any atom is 0.357 e. The molecule has 0 aliphatic heterocycles. The van der Waals surface area contributed by atoms with Gasteiger partial charge in [0.25, 0.3) is 0 Å². The molecule has 4 rings (SSSR count). The van der Waals surface area contributed by atoms with E-state index >= 15 is 0 Å². The third-order valence-electron chi connectivity index (χ3n) is 4.42. The predicted octanol–water partition coefficient (Wildman–Crippen LogP) is 5.77. The Bertz CT molecular complexity index is 1000. The van der Waals surface area contributed by atoms with Crippen LogP contribution in [0.2, 0.25) is 0 Å². The number of carbonyl (C=O) groups is 1. The van der Waals surface area contributed by atoms with Crippen molar-refractivity contribution in [3.63, 3.8) is 0 Å². The van der Waals surface area contributed by atoms with Crippen molar-refractivity contribution in [1.82, 2.24) is 4.98 Å². The number of ether oxygens (including phenoxy) is 1. The minimum Gasteiger partial charge on any atom is -0.456 e. The van der Waals surface area contributed by atoms with Crippen LogP contribution in [0.25, 0.3) is 22.4 Å². The molecule has 0 N–H and O–H groups in total. The van der Waals surface area contributed by atoms with Crippen LogP contribution in [0, 0.1) is 0 Å². The number of rotatable bonds is 5. The molecule has 3 nitrogen and oxygen atoms in total. The van der Waals surface area contributed by atoms with Crippen LogP contribution in [0.4, 0.5) is 0 Å². The minimum absolute atomic E-state index is 0.220. The zero-order chi connectivity index (χ0) is 19.2. The summed E-state index contributed by atoms with van der Waals surface area (Å²) in [7, 11) is 0. The highest BCUT2D eigenvalue weighted by atomic mass is 16.5. The Morgan fingerprint density at radius 1 is 0.679 bits per heavy atom. The molecule has 0 bridgehead atoms. The summed E-state index contributed by atoms with van der Waals surface area (Å²) in [4.78, 5) is 17.3. The fourth-order valence-corrected chi connectivity index (χ4v) is 2.99. The summed E-state index contributed by atoms with van der Waals surface area (Å²) in [5.74, 6) is -0.432. The van der Waals surface area contributed by atoms with Crippen LogP contribution in [0.5, 0.6) is 0 Å². The highest BCUT2D eigenvalue weighted by molar-refractivity contribution is 5.90. The molecule has 1 heterocycles. The van der Waals surface area contributed by atoms with Gasteiger partial charge in [-0.3, -0.25) is 0 Å². The summed E-state index contributed by atoms with van der Waals surface area (Å²) in [5.41, 5.74) is 4.90. The second kappa shape index (κ2) is 8.31. The standard InChI is InChI=1S/C25H19NO2/c27-25(28-18-19-10-4-1-5-11-19)24-17-22(20-12-6-2-7-13-20)16-23(26-24)21-14-8-3-9-15-21/h1-17H,18H2. The van der Waals surface area contributed by atoms with E-state index in [1.54, 1.807) is 6.07 Å². The minimum atomic E-state index is -0.432. The Hall–Kier alpha value is -3.72. The Labute approximate surface area is 164 Å². The van der Waals surface area contributed by atoms with Crippen LogP contribution < -0.4 is 0 Å². The Morgan fingerprint density at radius 2 is 1.25 bits per heavy atom. The lowest BCUT2D eigenvalue weighted by molar-refractivity contribution is 0.0466. The van der Waals surface area contributed by atoms with Gasteiger partial charge in [0.15, 0.2) is 0 Å². The summed E-state index contributed by atoms with van der Waals surface area (Å²) in [5, 5.41) is 0. The molecule has 1 aromatic heterocycles.